The second-order valence-electron chi connectivity index (χ2n) is 3.93. The quantitative estimate of drug-likeness (QED) is 0.751. The first-order chi connectivity index (χ1) is 7.81. The highest BCUT2D eigenvalue weighted by molar-refractivity contribution is 7.11. The molecule has 0 radical (unpaired) electrons. The van der Waals surface area contributed by atoms with Gasteiger partial charge in [-0.3, -0.25) is 4.79 Å². The number of hydrogen-bond donors (Lipinski definition) is 0. The summed E-state index contributed by atoms with van der Waals surface area (Å²) in [6.07, 6.45) is 4.93. The smallest absolute Gasteiger partial charge is 0.309 e. The maximum Gasteiger partial charge on any atom is 0.309 e. The van der Waals surface area contributed by atoms with Crippen molar-refractivity contribution >= 4 is 22.9 Å². The van der Waals surface area contributed by atoms with E-state index >= 15 is 0 Å². The number of rotatable bonds is 3. The molecule has 1 atom stereocenters. The van der Waals surface area contributed by atoms with E-state index in [1.807, 2.05) is 6.92 Å². The molecule has 1 aliphatic carbocycles. The van der Waals surface area contributed by atoms with E-state index in [0.29, 0.717) is 6.61 Å². The van der Waals surface area contributed by atoms with E-state index in [1.165, 1.54) is 10.5 Å². The van der Waals surface area contributed by atoms with Gasteiger partial charge in [0.25, 0.3) is 0 Å². The standard InChI is InChI=1S/C13H16O2S/c1-2-15-13(14)11-7-5-10(6-8-11)12-4-3-9-16-12/h3-5,9,11H,2,6-8H2,1H3. The molecule has 0 aromatic carbocycles. The monoisotopic (exact) mass is 236 g/mol. The van der Waals surface area contributed by atoms with Gasteiger partial charge in [-0.05, 0) is 43.2 Å². The molecule has 1 heterocycles. The van der Waals surface area contributed by atoms with E-state index in [-0.39, 0.29) is 11.9 Å². The minimum Gasteiger partial charge on any atom is -0.466 e. The predicted octanol–water partition coefficient (Wildman–Crippen LogP) is 3.49. The van der Waals surface area contributed by atoms with Crippen molar-refractivity contribution in [2.24, 2.45) is 5.92 Å². The summed E-state index contributed by atoms with van der Waals surface area (Å²) in [4.78, 5) is 12.9. The van der Waals surface area contributed by atoms with Gasteiger partial charge in [0, 0.05) is 4.88 Å². The molecule has 1 aliphatic rings. The van der Waals surface area contributed by atoms with E-state index < -0.39 is 0 Å². The van der Waals surface area contributed by atoms with Crippen LogP contribution in [0.1, 0.15) is 31.1 Å². The van der Waals surface area contributed by atoms with Gasteiger partial charge in [0.1, 0.15) is 0 Å². The van der Waals surface area contributed by atoms with Gasteiger partial charge in [-0.1, -0.05) is 12.1 Å². The Balaban J connectivity index is 1.97. The summed E-state index contributed by atoms with van der Waals surface area (Å²) >= 11 is 1.76. The summed E-state index contributed by atoms with van der Waals surface area (Å²) < 4.78 is 5.04. The molecule has 0 fully saturated rings. The Morgan fingerprint density at radius 2 is 2.50 bits per heavy atom. The lowest BCUT2D eigenvalue weighted by atomic mass is 9.89. The fraction of sp³-hybridized carbons (Fsp3) is 0.462. The predicted molar refractivity (Wildman–Crippen MR) is 66.3 cm³/mol. The Kier molecular flexibility index (Phi) is 3.78. The molecule has 86 valence electrons. The molecule has 1 unspecified atom stereocenters. The van der Waals surface area contributed by atoms with Crippen molar-refractivity contribution in [1.29, 1.82) is 0 Å². The molecule has 0 amide bonds. The molecule has 0 spiro atoms. The Morgan fingerprint density at radius 3 is 3.06 bits per heavy atom. The molecule has 16 heavy (non-hydrogen) atoms. The van der Waals surface area contributed by atoms with Gasteiger partial charge in [0.2, 0.25) is 0 Å². The number of carbonyl (C=O) groups excluding carboxylic acids is 1. The van der Waals surface area contributed by atoms with Crippen molar-refractivity contribution in [1.82, 2.24) is 0 Å². The average molecular weight is 236 g/mol. The molecule has 3 heteroatoms. The summed E-state index contributed by atoms with van der Waals surface area (Å²) in [7, 11) is 0. The van der Waals surface area contributed by atoms with Crippen LogP contribution in [0.3, 0.4) is 0 Å². The lowest BCUT2D eigenvalue weighted by molar-refractivity contribution is -0.148. The SMILES string of the molecule is CCOC(=O)C1CC=C(c2cccs2)CC1. The van der Waals surface area contributed by atoms with Crippen LogP contribution < -0.4 is 0 Å². The van der Waals surface area contributed by atoms with Crippen molar-refractivity contribution in [3.05, 3.63) is 28.5 Å². The van der Waals surface area contributed by atoms with E-state index in [9.17, 15) is 4.79 Å². The minimum atomic E-state index is -0.0380. The fourth-order valence-corrected chi connectivity index (χ4v) is 2.79. The normalized spacial score (nSPS) is 20.3. The number of thiophene rings is 1. The van der Waals surface area contributed by atoms with Crippen LogP contribution in [0.25, 0.3) is 5.57 Å². The topological polar surface area (TPSA) is 26.3 Å². The van der Waals surface area contributed by atoms with Gasteiger partial charge < -0.3 is 4.74 Å². The molecule has 2 rings (SSSR count). The van der Waals surface area contributed by atoms with E-state index in [0.717, 1.165) is 19.3 Å². The number of carbonyl (C=O) groups is 1. The highest BCUT2D eigenvalue weighted by Crippen LogP contribution is 2.32. The highest BCUT2D eigenvalue weighted by atomic mass is 32.1. The number of hydrogen-bond acceptors (Lipinski definition) is 3. The van der Waals surface area contributed by atoms with E-state index in [2.05, 4.69) is 23.6 Å². The highest BCUT2D eigenvalue weighted by Gasteiger charge is 2.23. The first-order valence-corrected chi connectivity index (χ1v) is 6.58. The lowest BCUT2D eigenvalue weighted by Crippen LogP contribution is -2.19. The third-order valence-corrected chi connectivity index (χ3v) is 3.81. The van der Waals surface area contributed by atoms with Gasteiger partial charge >= 0.3 is 5.97 Å². The third-order valence-electron chi connectivity index (χ3n) is 2.87. The molecule has 0 saturated carbocycles. The Bertz CT molecular complexity index is 379. The first kappa shape index (κ1) is 11.4. The van der Waals surface area contributed by atoms with Crippen molar-refractivity contribution in [2.75, 3.05) is 6.61 Å². The summed E-state index contributed by atoms with van der Waals surface area (Å²) in [5, 5.41) is 2.09. The van der Waals surface area contributed by atoms with Crippen LogP contribution in [0.2, 0.25) is 0 Å². The van der Waals surface area contributed by atoms with Gasteiger partial charge in [0.05, 0.1) is 12.5 Å². The Hall–Kier alpha value is -1.09. The van der Waals surface area contributed by atoms with Crippen molar-refractivity contribution in [3.63, 3.8) is 0 Å². The number of ether oxygens (including phenoxy) is 1. The van der Waals surface area contributed by atoms with Crippen molar-refractivity contribution < 1.29 is 9.53 Å². The van der Waals surface area contributed by atoms with Crippen LogP contribution in [0, 0.1) is 5.92 Å². The van der Waals surface area contributed by atoms with Gasteiger partial charge in [-0.2, -0.15) is 0 Å². The Morgan fingerprint density at radius 1 is 1.62 bits per heavy atom. The molecular formula is C13H16O2S. The maximum absolute atomic E-state index is 11.5. The van der Waals surface area contributed by atoms with Crippen LogP contribution in [0.4, 0.5) is 0 Å². The molecule has 0 N–H and O–H groups in total. The zero-order chi connectivity index (χ0) is 11.4. The van der Waals surface area contributed by atoms with Gasteiger partial charge in [0.15, 0.2) is 0 Å². The third kappa shape index (κ3) is 2.53. The molecule has 1 aromatic heterocycles. The fourth-order valence-electron chi connectivity index (χ4n) is 1.99. The van der Waals surface area contributed by atoms with Crippen LogP contribution in [0.5, 0.6) is 0 Å². The van der Waals surface area contributed by atoms with Gasteiger partial charge in [-0.25, -0.2) is 0 Å². The van der Waals surface area contributed by atoms with E-state index in [4.69, 9.17) is 4.74 Å². The molecule has 1 aromatic rings. The average Bonchev–Trinajstić information content (AvgIpc) is 2.83. The van der Waals surface area contributed by atoms with Crippen LogP contribution in [0.15, 0.2) is 23.6 Å². The molecule has 0 bridgehead atoms. The van der Waals surface area contributed by atoms with Gasteiger partial charge in [-0.15, -0.1) is 11.3 Å². The Labute approximate surface area is 99.9 Å². The zero-order valence-electron chi connectivity index (χ0n) is 9.44. The van der Waals surface area contributed by atoms with Crippen molar-refractivity contribution in [2.45, 2.75) is 26.2 Å². The largest absolute Gasteiger partial charge is 0.466 e. The first-order valence-electron chi connectivity index (χ1n) is 5.70. The van der Waals surface area contributed by atoms with Crippen LogP contribution in [-0.4, -0.2) is 12.6 Å². The summed E-state index contributed by atoms with van der Waals surface area (Å²) in [5.41, 5.74) is 1.38. The summed E-state index contributed by atoms with van der Waals surface area (Å²) in [6, 6.07) is 4.21. The molecule has 2 nitrogen and oxygen atoms in total. The molecule has 0 saturated heterocycles. The van der Waals surface area contributed by atoms with Crippen LogP contribution >= 0.6 is 11.3 Å². The summed E-state index contributed by atoms with van der Waals surface area (Å²) in [5.74, 6) is 0.0349. The zero-order valence-corrected chi connectivity index (χ0v) is 10.3. The minimum absolute atomic E-state index is 0.0380. The van der Waals surface area contributed by atoms with Crippen LogP contribution in [-0.2, 0) is 9.53 Å². The number of allylic oxidation sites excluding steroid dienone is 2. The van der Waals surface area contributed by atoms with Crippen molar-refractivity contribution in [3.8, 4) is 0 Å². The number of esters is 1. The second kappa shape index (κ2) is 5.30. The summed E-state index contributed by atoms with van der Waals surface area (Å²) in [6.45, 7) is 2.34. The molecule has 0 aliphatic heterocycles. The maximum atomic E-state index is 11.5. The lowest BCUT2D eigenvalue weighted by Gasteiger charge is -2.19. The molecular weight excluding hydrogens is 220 g/mol. The van der Waals surface area contributed by atoms with E-state index in [1.54, 1.807) is 11.3 Å². The second-order valence-corrected chi connectivity index (χ2v) is 4.88.